The van der Waals surface area contributed by atoms with Crippen LogP contribution in [0.2, 0.25) is 0 Å². The summed E-state index contributed by atoms with van der Waals surface area (Å²) in [6.07, 6.45) is 0. The molecule has 0 saturated carbocycles. The molecule has 0 fully saturated rings. The van der Waals surface area contributed by atoms with Gasteiger partial charge in [-0.25, -0.2) is 4.57 Å². The molecule has 3 nitrogen and oxygen atoms in total. The zero-order valence-corrected chi connectivity index (χ0v) is 16.0. The Morgan fingerprint density at radius 3 is 1.38 bits per heavy atom. The molecule has 0 aliphatic carbocycles. The third-order valence-electron chi connectivity index (χ3n) is 0. The van der Waals surface area contributed by atoms with E-state index in [-0.39, 0.29) is 132 Å². The number of halogens is 1. The second-order valence-electron chi connectivity index (χ2n) is 0.473. The van der Waals surface area contributed by atoms with Crippen molar-refractivity contribution in [1.29, 1.82) is 0 Å². The molecule has 0 aromatic carbocycles. The van der Waals surface area contributed by atoms with Gasteiger partial charge in [-0.2, -0.15) is 0 Å². The Kier molecular flexibility index (Phi) is 33.8. The van der Waals surface area contributed by atoms with Gasteiger partial charge in [-0.15, -0.1) is 0 Å². The van der Waals surface area contributed by atoms with Crippen LogP contribution in [0.5, 0.6) is 0 Å². The maximum Gasteiger partial charge on any atom is 0.419 e. The van der Waals surface area contributed by atoms with Gasteiger partial charge in [-0.05, 0) is 0 Å². The second-order valence-corrected chi connectivity index (χ2v) is 2.74. The SMILES string of the molecule is O=P(O)(O)Cl.[Ba].[Ca].[Sr]. The molecular weight excluding hydrogens is 379 g/mol. The first kappa shape index (κ1) is 23.0. The van der Waals surface area contributed by atoms with Gasteiger partial charge in [0.2, 0.25) is 0 Å². The van der Waals surface area contributed by atoms with Gasteiger partial charge < -0.3 is 9.79 Å². The first-order valence-electron chi connectivity index (χ1n) is 0.752. The van der Waals surface area contributed by atoms with Crippen molar-refractivity contribution in [2.45, 2.75) is 0 Å². The van der Waals surface area contributed by atoms with Crippen molar-refractivity contribution in [3.63, 3.8) is 0 Å². The molecule has 0 bridgehead atoms. The molecule has 0 aromatic heterocycles. The molecule has 8 heteroatoms. The van der Waals surface area contributed by atoms with Crippen molar-refractivity contribution in [3.05, 3.63) is 0 Å². The topological polar surface area (TPSA) is 57.5 Å². The van der Waals surface area contributed by atoms with Crippen LogP contribution in [-0.2, 0) is 4.57 Å². The molecule has 0 amide bonds. The summed E-state index contributed by atoms with van der Waals surface area (Å²) in [6, 6.07) is 0. The van der Waals surface area contributed by atoms with Crippen molar-refractivity contribution in [2.24, 2.45) is 0 Å². The monoisotopic (exact) mass is 382 g/mol. The molecule has 0 rings (SSSR count). The Hall–Kier alpha value is 4.75. The Morgan fingerprint density at radius 2 is 1.38 bits per heavy atom. The summed E-state index contributed by atoms with van der Waals surface area (Å²) in [6.45, 7) is -4.17. The summed E-state index contributed by atoms with van der Waals surface area (Å²) in [5.74, 6) is 0. The van der Waals surface area contributed by atoms with E-state index < -0.39 is 6.95 Å². The van der Waals surface area contributed by atoms with Gasteiger partial charge in [0.25, 0.3) is 0 Å². The van der Waals surface area contributed by atoms with Gasteiger partial charge in [-0.1, -0.05) is 0 Å². The molecule has 0 heterocycles. The summed E-state index contributed by atoms with van der Waals surface area (Å²) < 4.78 is 9.09. The molecule has 0 aromatic rings. The van der Waals surface area contributed by atoms with Gasteiger partial charge in [0.15, 0.2) is 0 Å². The Bertz CT molecular complexity index is 65.4. The number of hydrogen-bond donors (Lipinski definition) is 2. The zero-order valence-electron chi connectivity index (χ0n) is 4.25. The van der Waals surface area contributed by atoms with Crippen LogP contribution in [0.1, 0.15) is 0 Å². The fraction of sp³-hybridized carbons (Fsp3) is 0. The van der Waals surface area contributed by atoms with E-state index in [4.69, 9.17) is 14.4 Å². The first-order chi connectivity index (χ1) is 2.00. The third kappa shape index (κ3) is 45.3. The summed E-state index contributed by atoms with van der Waals surface area (Å²) in [4.78, 5) is 14.8. The fourth-order valence-electron chi connectivity index (χ4n) is 0. The van der Waals surface area contributed by atoms with Crippen LogP contribution in [0.3, 0.4) is 0 Å². The minimum absolute atomic E-state index is 0. The summed E-state index contributed by atoms with van der Waals surface area (Å²) in [7, 11) is 0. The van der Waals surface area contributed by atoms with E-state index in [1.807, 2.05) is 0 Å². The zero-order chi connectivity index (χ0) is 4.50. The van der Waals surface area contributed by atoms with Gasteiger partial charge >= 0.3 is 6.95 Å². The van der Waals surface area contributed by atoms with Gasteiger partial charge in [0.05, 0.1) is 0 Å². The third-order valence-corrected chi connectivity index (χ3v) is 0. The van der Waals surface area contributed by atoms with E-state index in [0.29, 0.717) is 0 Å². The van der Waals surface area contributed by atoms with Crippen molar-refractivity contribution >= 4 is 150 Å². The Labute approximate surface area is 160 Å². The predicted molar refractivity (Wildman–Crippen MR) is 35.2 cm³/mol. The van der Waals surface area contributed by atoms with Crippen LogP contribution in [0.15, 0.2) is 0 Å². The molecule has 0 aliphatic heterocycles. The largest absolute Gasteiger partial charge is 0.419 e. The molecule has 6 radical (unpaired) electrons. The maximum absolute atomic E-state index is 9.09. The average Bonchev–Trinajstić information content (AvgIpc) is 0.722. The summed E-state index contributed by atoms with van der Waals surface area (Å²) in [5.41, 5.74) is 0. The van der Waals surface area contributed by atoms with E-state index >= 15 is 0 Å². The molecule has 8 heavy (non-hydrogen) atoms. The first-order valence-corrected chi connectivity index (χ1v) is 3.27. The molecule has 38 valence electrons. The van der Waals surface area contributed by atoms with E-state index in [9.17, 15) is 0 Å². The van der Waals surface area contributed by atoms with Crippen LogP contribution in [-0.4, -0.2) is 142 Å². The van der Waals surface area contributed by atoms with Gasteiger partial charge in [-0.3, -0.25) is 0 Å². The molecule has 0 saturated heterocycles. The molecular formula is H2BaCaClO3PSr. The summed E-state index contributed by atoms with van der Waals surface area (Å²) in [5, 5.41) is 0. The molecule has 0 atom stereocenters. The van der Waals surface area contributed by atoms with Crippen LogP contribution >= 0.6 is 18.2 Å². The quantitative estimate of drug-likeness (QED) is 0.426. The minimum Gasteiger partial charge on any atom is -0.313 e. The van der Waals surface area contributed by atoms with Gasteiger partial charge in [0, 0.05) is 143 Å². The van der Waals surface area contributed by atoms with E-state index in [1.165, 1.54) is 0 Å². The van der Waals surface area contributed by atoms with Crippen LogP contribution in [0, 0.1) is 0 Å². The Morgan fingerprint density at radius 1 is 1.38 bits per heavy atom. The van der Waals surface area contributed by atoms with E-state index in [2.05, 4.69) is 11.2 Å². The smallest absolute Gasteiger partial charge is 0.313 e. The Balaban J connectivity index is -0.0000000267. The van der Waals surface area contributed by atoms with Crippen molar-refractivity contribution in [2.75, 3.05) is 0 Å². The van der Waals surface area contributed by atoms with Crippen LogP contribution < -0.4 is 0 Å². The number of hydrogen-bond acceptors (Lipinski definition) is 1. The average molecular weight is 381 g/mol. The summed E-state index contributed by atoms with van der Waals surface area (Å²) >= 11 is 4.20. The fourth-order valence-corrected chi connectivity index (χ4v) is 0. The van der Waals surface area contributed by atoms with Crippen LogP contribution in [0.4, 0.5) is 0 Å². The molecule has 0 unspecified atom stereocenters. The van der Waals surface area contributed by atoms with Crippen LogP contribution in [0.25, 0.3) is 0 Å². The predicted octanol–water partition coefficient (Wildman–Crippen LogP) is -0.825. The maximum atomic E-state index is 9.09. The molecule has 0 spiro atoms. The van der Waals surface area contributed by atoms with Crippen molar-refractivity contribution in [1.82, 2.24) is 0 Å². The van der Waals surface area contributed by atoms with Crippen molar-refractivity contribution < 1.29 is 14.4 Å². The normalized spacial score (nSPS) is 7.38. The van der Waals surface area contributed by atoms with Crippen molar-refractivity contribution in [3.8, 4) is 0 Å². The standard InChI is InChI=1S/Ba.Ca.ClH2O3P.Sr/c;;1-5(2,3)4;/h;;(H2,2,3,4);. The molecule has 0 aliphatic rings. The minimum atomic E-state index is -4.17. The van der Waals surface area contributed by atoms with Gasteiger partial charge in [0.1, 0.15) is 0 Å². The van der Waals surface area contributed by atoms with E-state index in [0.717, 1.165) is 0 Å². The van der Waals surface area contributed by atoms with E-state index in [1.54, 1.807) is 0 Å². The molecule has 2 N–H and O–H groups in total. The number of rotatable bonds is 0. The second kappa shape index (κ2) is 11.8.